The second-order valence-electron chi connectivity index (χ2n) is 6.94. The first-order valence-electron chi connectivity index (χ1n) is 9.23. The summed E-state index contributed by atoms with van der Waals surface area (Å²) < 4.78 is 41.9. The molecule has 0 radical (unpaired) electrons. The number of aryl methyl sites for hydroxylation is 1. The Bertz CT molecular complexity index is 1130. The molecule has 11 heteroatoms. The lowest BCUT2D eigenvalue weighted by molar-refractivity contribution is 0.0930. The van der Waals surface area contributed by atoms with Gasteiger partial charge in [-0.05, 0) is 32.0 Å². The summed E-state index contributed by atoms with van der Waals surface area (Å²) >= 11 is 5.94. The van der Waals surface area contributed by atoms with Crippen LogP contribution < -0.4 is 5.32 Å². The number of nitrogens with zero attached hydrogens (tertiary/aromatic N) is 5. The minimum Gasteiger partial charge on any atom is -0.346 e. The monoisotopic (exact) mass is 450 g/mol. The average molecular weight is 451 g/mol. The van der Waals surface area contributed by atoms with Crippen LogP contribution in [0.2, 0.25) is 5.02 Å². The SMILES string of the molecule is Cc1nc(C(=O)N[C@@H](C)Cn2ccc(-c3cc(F)c(C#N)c(Cl)c3)n2)cn1CC(F)F. The molecular formula is C20H18ClF3N6O. The van der Waals surface area contributed by atoms with Gasteiger partial charge in [-0.1, -0.05) is 11.6 Å². The first-order valence-corrected chi connectivity index (χ1v) is 9.61. The Balaban J connectivity index is 1.66. The summed E-state index contributed by atoms with van der Waals surface area (Å²) in [6.45, 7) is 3.07. The summed E-state index contributed by atoms with van der Waals surface area (Å²) in [6.07, 6.45) is 0.402. The number of hydrogen-bond donors (Lipinski definition) is 1. The highest BCUT2D eigenvalue weighted by molar-refractivity contribution is 6.32. The molecule has 0 unspecified atom stereocenters. The van der Waals surface area contributed by atoms with E-state index in [1.807, 2.05) is 0 Å². The van der Waals surface area contributed by atoms with Crippen molar-refractivity contribution in [3.8, 4) is 17.3 Å². The molecule has 2 aromatic heterocycles. The van der Waals surface area contributed by atoms with Crippen LogP contribution in [0, 0.1) is 24.1 Å². The Morgan fingerprint density at radius 1 is 1.35 bits per heavy atom. The topological polar surface area (TPSA) is 88.5 Å². The van der Waals surface area contributed by atoms with Gasteiger partial charge in [0, 0.05) is 24.0 Å². The van der Waals surface area contributed by atoms with Gasteiger partial charge in [-0.15, -0.1) is 0 Å². The van der Waals surface area contributed by atoms with Gasteiger partial charge < -0.3 is 9.88 Å². The van der Waals surface area contributed by atoms with E-state index in [0.717, 1.165) is 0 Å². The quantitative estimate of drug-likeness (QED) is 0.593. The number of alkyl halides is 2. The zero-order valence-electron chi connectivity index (χ0n) is 16.6. The van der Waals surface area contributed by atoms with Gasteiger partial charge in [-0.3, -0.25) is 9.48 Å². The maximum atomic E-state index is 14.0. The zero-order chi connectivity index (χ0) is 22.7. The third kappa shape index (κ3) is 5.24. The van der Waals surface area contributed by atoms with E-state index in [2.05, 4.69) is 15.4 Å². The number of halogens is 4. The predicted octanol–water partition coefficient (Wildman–Crippen LogP) is 3.80. The Hall–Kier alpha value is -3.32. The van der Waals surface area contributed by atoms with E-state index in [-0.39, 0.29) is 22.3 Å². The molecule has 162 valence electrons. The van der Waals surface area contributed by atoms with Crippen molar-refractivity contribution in [2.75, 3.05) is 0 Å². The molecule has 0 bridgehead atoms. The molecule has 0 saturated carbocycles. The summed E-state index contributed by atoms with van der Waals surface area (Å²) in [7, 11) is 0. The van der Waals surface area contributed by atoms with Gasteiger partial charge >= 0.3 is 0 Å². The van der Waals surface area contributed by atoms with Crippen LogP contribution in [-0.4, -0.2) is 37.7 Å². The number of benzene rings is 1. The van der Waals surface area contributed by atoms with Gasteiger partial charge in [0.25, 0.3) is 12.3 Å². The number of nitriles is 1. The van der Waals surface area contributed by atoms with Gasteiger partial charge in [0.15, 0.2) is 0 Å². The molecule has 1 aromatic carbocycles. The fraction of sp³-hybridized carbons (Fsp3) is 0.300. The van der Waals surface area contributed by atoms with E-state index in [1.165, 1.54) is 22.9 Å². The zero-order valence-corrected chi connectivity index (χ0v) is 17.4. The Labute approximate surface area is 181 Å². The van der Waals surface area contributed by atoms with Gasteiger partial charge in [0.2, 0.25) is 0 Å². The van der Waals surface area contributed by atoms with E-state index < -0.39 is 24.7 Å². The van der Waals surface area contributed by atoms with Crippen molar-refractivity contribution < 1.29 is 18.0 Å². The van der Waals surface area contributed by atoms with Crippen molar-refractivity contribution in [1.29, 1.82) is 5.26 Å². The second kappa shape index (κ2) is 9.22. The fourth-order valence-corrected chi connectivity index (χ4v) is 3.27. The van der Waals surface area contributed by atoms with Crippen molar-refractivity contribution in [1.82, 2.24) is 24.6 Å². The average Bonchev–Trinajstić information content (AvgIpc) is 3.28. The number of nitrogens with one attached hydrogen (secondary N) is 1. The van der Waals surface area contributed by atoms with Crippen LogP contribution in [0.4, 0.5) is 13.2 Å². The highest BCUT2D eigenvalue weighted by Crippen LogP contribution is 2.26. The van der Waals surface area contributed by atoms with Crippen molar-refractivity contribution in [3.63, 3.8) is 0 Å². The van der Waals surface area contributed by atoms with Crippen LogP contribution in [0.3, 0.4) is 0 Å². The van der Waals surface area contributed by atoms with Crippen molar-refractivity contribution in [3.05, 3.63) is 58.5 Å². The van der Waals surface area contributed by atoms with Crippen LogP contribution in [0.1, 0.15) is 28.8 Å². The van der Waals surface area contributed by atoms with E-state index in [9.17, 15) is 18.0 Å². The van der Waals surface area contributed by atoms with Crippen molar-refractivity contribution >= 4 is 17.5 Å². The second-order valence-corrected chi connectivity index (χ2v) is 7.35. The van der Waals surface area contributed by atoms with E-state index in [4.69, 9.17) is 16.9 Å². The Morgan fingerprint density at radius 2 is 2.10 bits per heavy atom. The molecule has 1 amide bonds. The van der Waals surface area contributed by atoms with Gasteiger partial charge in [-0.25, -0.2) is 18.2 Å². The lowest BCUT2D eigenvalue weighted by Crippen LogP contribution is -2.36. The lowest BCUT2D eigenvalue weighted by Gasteiger charge is -2.13. The number of imidazole rings is 1. The molecule has 0 aliphatic heterocycles. The third-order valence-electron chi connectivity index (χ3n) is 4.47. The number of hydrogen-bond acceptors (Lipinski definition) is 4. The predicted molar refractivity (Wildman–Crippen MR) is 107 cm³/mol. The molecule has 0 aliphatic carbocycles. The molecule has 3 rings (SSSR count). The summed E-state index contributed by atoms with van der Waals surface area (Å²) in [5, 5.41) is 16.0. The molecule has 0 spiro atoms. The molecule has 1 N–H and O–H groups in total. The van der Waals surface area contributed by atoms with Crippen molar-refractivity contribution in [2.24, 2.45) is 0 Å². The minimum absolute atomic E-state index is 0.00532. The van der Waals surface area contributed by atoms with E-state index in [0.29, 0.717) is 23.6 Å². The molecule has 7 nitrogen and oxygen atoms in total. The van der Waals surface area contributed by atoms with Crippen LogP contribution in [-0.2, 0) is 13.1 Å². The summed E-state index contributed by atoms with van der Waals surface area (Å²) in [5.41, 5.74) is 0.684. The Morgan fingerprint density at radius 3 is 2.74 bits per heavy atom. The van der Waals surface area contributed by atoms with E-state index in [1.54, 1.807) is 36.9 Å². The lowest BCUT2D eigenvalue weighted by atomic mass is 10.1. The molecule has 0 aliphatic rings. The van der Waals surface area contributed by atoms with E-state index >= 15 is 0 Å². The van der Waals surface area contributed by atoms with Crippen LogP contribution in [0.15, 0.2) is 30.6 Å². The molecule has 0 saturated heterocycles. The molecule has 2 heterocycles. The smallest absolute Gasteiger partial charge is 0.271 e. The van der Waals surface area contributed by atoms with Gasteiger partial charge in [0.1, 0.15) is 29.0 Å². The molecular weight excluding hydrogens is 433 g/mol. The third-order valence-corrected chi connectivity index (χ3v) is 4.77. The van der Waals surface area contributed by atoms with Crippen LogP contribution in [0.25, 0.3) is 11.3 Å². The first kappa shape index (κ1) is 22.4. The number of aromatic nitrogens is 4. The number of rotatable bonds is 7. The highest BCUT2D eigenvalue weighted by atomic mass is 35.5. The maximum Gasteiger partial charge on any atom is 0.271 e. The summed E-state index contributed by atoms with van der Waals surface area (Å²) in [4.78, 5) is 16.4. The minimum atomic E-state index is -2.55. The van der Waals surface area contributed by atoms with Gasteiger partial charge in [-0.2, -0.15) is 10.4 Å². The van der Waals surface area contributed by atoms with Crippen molar-refractivity contribution in [2.45, 2.75) is 39.4 Å². The summed E-state index contributed by atoms with van der Waals surface area (Å²) in [6, 6.07) is 5.64. The standard InChI is InChI=1S/C20H18ClF3N6O/c1-11(26-20(31)18-9-29(10-19(23)24)12(2)27-18)8-30-4-3-17(28-30)13-5-15(21)14(7-25)16(22)6-13/h3-6,9,11,19H,8,10H2,1-2H3,(H,26,31)/t11-/m0/s1. The normalized spacial score (nSPS) is 12.1. The first-order chi connectivity index (χ1) is 14.7. The molecule has 3 aromatic rings. The number of amides is 1. The maximum absolute atomic E-state index is 14.0. The van der Waals surface area contributed by atoms with Crippen LogP contribution in [0.5, 0.6) is 0 Å². The number of carbonyl (C=O) groups excluding carboxylic acids is 1. The van der Waals surface area contributed by atoms with Crippen LogP contribution >= 0.6 is 11.6 Å². The van der Waals surface area contributed by atoms with Gasteiger partial charge in [0.05, 0.1) is 23.8 Å². The number of carbonyl (C=O) groups is 1. The molecule has 31 heavy (non-hydrogen) atoms. The molecule has 0 fully saturated rings. The largest absolute Gasteiger partial charge is 0.346 e. The Kier molecular flexibility index (Phi) is 6.65. The summed E-state index contributed by atoms with van der Waals surface area (Å²) in [5.74, 6) is -0.901. The highest BCUT2D eigenvalue weighted by Gasteiger charge is 2.17. The fourth-order valence-electron chi connectivity index (χ4n) is 3.02. The molecule has 1 atom stereocenters.